The van der Waals surface area contributed by atoms with Crippen molar-refractivity contribution in [1.29, 1.82) is 5.26 Å². The second-order valence-corrected chi connectivity index (χ2v) is 10.7. The molecule has 5 aromatic rings. The van der Waals surface area contributed by atoms with Gasteiger partial charge in [0.05, 0.1) is 29.6 Å². The summed E-state index contributed by atoms with van der Waals surface area (Å²) in [7, 11) is -4.04. The monoisotopic (exact) mass is 549 g/mol. The van der Waals surface area contributed by atoms with Gasteiger partial charge in [-0.25, -0.2) is 14.6 Å². The Bertz CT molecular complexity index is 1900. The number of aromatic nitrogens is 4. The summed E-state index contributed by atoms with van der Waals surface area (Å²) in [5.74, 6) is 0.165. The van der Waals surface area contributed by atoms with E-state index in [-0.39, 0.29) is 24.3 Å². The molecule has 9 nitrogen and oxygen atoms in total. The number of rotatable bonds is 8. The minimum absolute atomic E-state index is 0.200. The van der Waals surface area contributed by atoms with Crippen molar-refractivity contribution in [1.82, 2.24) is 19.7 Å². The number of hydrogen-bond donors (Lipinski definition) is 1. The van der Waals surface area contributed by atoms with Crippen LogP contribution in [0.2, 0.25) is 0 Å². The van der Waals surface area contributed by atoms with Crippen LogP contribution in [0.1, 0.15) is 16.7 Å². The minimum Gasteiger partial charge on any atom is -0.286 e. The molecule has 0 fully saturated rings. The SMILES string of the molecule is N#Cc1cccc(-c2ccc(=O)n(Cc3cccc(-c4ncc(-c5cccc(CCS(=O)(=O)O)c5)cn4)c3)n2)c1. The van der Waals surface area contributed by atoms with Crippen LogP contribution in [0, 0.1) is 11.3 Å². The summed E-state index contributed by atoms with van der Waals surface area (Å²) in [6.45, 7) is 0.243. The van der Waals surface area contributed by atoms with E-state index >= 15 is 0 Å². The minimum atomic E-state index is -4.04. The van der Waals surface area contributed by atoms with Crippen molar-refractivity contribution in [2.24, 2.45) is 0 Å². The van der Waals surface area contributed by atoms with Gasteiger partial charge in [0.15, 0.2) is 5.82 Å². The summed E-state index contributed by atoms with van der Waals surface area (Å²) >= 11 is 0. The maximum atomic E-state index is 12.6. The predicted molar refractivity (Wildman–Crippen MR) is 151 cm³/mol. The lowest BCUT2D eigenvalue weighted by molar-refractivity contribution is 0.482. The summed E-state index contributed by atoms with van der Waals surface area (Å²) in [4.78, 5) is 21.6. The Labute approximate surface area is 230 Å². The van der Waals surface area contributed by atoms with Gasteiger partial charge in [-0.3, -0.25) is 9.35 Å². The first-order chi connectivity index (χ1) is 19.3. The van der Waals surface area contributed by atoms with E-state index in [0.717, 1.165) is 33.4 Å². The van der Waals surface area contributed by atoms with Gasteiger partial charge in [-0.05, 0) is 47.4 Å². The molecule has 1 N–H and O–H groups in total. The molecule has 0 spiro atoms. The van der Waals surface area contributed by atoms with Gasteiger partial charge < -0.3 is 0 Å². The first-order valence-corrected chi connectivity index (χ1v) is 13.9. The second-order valence-electron chi connectivity index (χ2n) is 9.14. The van der Waals surface area contributed by atoms with E-state index in [9.17, 15) is 18.5 Å². The molecule has 0 aliphatic carbocycles. The highest BCUT2D eigenvalue weighted by Crippen LogP contribution is 2.23. The smallest absolute Gasteiger partial charge is 0.267 e. The number of aryl methyl sites for hydroxylation is 1. The van der Waals surface area contributed by atoms with Crippen LogP contribution in [-0.4, -0.2) is 38.5 Å². The molecule has 3 aromatic carbocycles. The van der Waals surface area contributed by atoms with E-state index in [4.69, 9.17) is 4.55 Å². The fourth-order valence-electron chi connectivity index (χ4n) is 4.23. The molecule has 40 heavy (non-hydrogen) atoms. The van der Waals surface area contributed by atoms with E-state index in [1.165, 1.54) is 10.7 Å². The molecular weight excluding hydrogens is 526 g/mol. The maximum absolute atomic E-state index is 12.6. The van der Waals surface area contributed by atoms with Crippen LogP contribution in [0.5, 0.6) is 0 Å². The fourth-order valence-corrected chi connectivity index (χ4v) is 4.72. The lowest BCUT2D eigenvalue weighted by atomic mass is 10.0. The van der Waals surface area contributed by atoms with E-state index < -0.39 is 10.1 Å². The van der Waals surface area contributed by atoms with Crippen molar-refractivity contribution in [2.75, 3.05) is 5.75 Å². The normalized spacial score (nSPS) is 11.2. The number of hydrogen-bond acceptors (Lipinski definition) is 7. The van der Waals surface area contributed by atoms with Crippen molar-refractivity contribution < 1.29 is 13.0 Å². The molecule has 198 valence electrons. The fraction of sp³-hybridized carbons (Fsp3) is 0.100. The van der Waals surface area contributed by atoms with E-state index in [0.29, 0.717) is 17.1 Å². The summed E-state index contributed by atoms with van der Waals surface area (Å²) in [6.07, 6.45) is 3.59. The standard InChI is InChI=1S/C30H23N5O4S/c31-17-22-5-2-8-25(15-22)28-10-11-29(36)35(34-28)20-23-6-3-9-26(16-23)30-32-18-27(19-33-30)24-7-1-4-21(14-24)12-13-40(37,38)39/h1-11,14-16,18-19H,12-13,20H2,(H,37,38,39). The molecule has 0 amide bonds. The van der Waals surface area contributed by atoms with Gasteiger partial charge in [0.1, 0.15) is 0 Å². The molecule has 2 heterocycles. The van der Waals surface area contributed by atoms with Crippen LogP contribution < -0.4 is 5.56 Å². The van der Waals surface area contributed by atoms with Crippen LogP contribution in [0.25, 0.3) is 33.8 Å². The third-order valence-corrected chi connectivity index (χ3v) is 6.95. The second kappa shape index (κ2) is 11.4. The van der Waals surface area contributed by atoms with Gasteiger partial charge in [-0.15, -0.1) is 0 Å². The van der Waals surface area contributed by atoms with E-state index in [1.807, 2.05) is 48.5 Å². The average molecular weight is 550 g/mol. The van der Waals surface area contributed by atoms with Crippen LogP contribution in [-0.2, 0) is 23.1 Å². The third kappa shape index (κ3) is 6.53. The lowest BCUT2D eigenvalue weighted by Crippen LogP contribution is -2.22. The highest BCUT2D eigenvalue weighted by atomic mass is 32.2. The Morgan fingerprint density at radius 3 is 2.23 bits per heavy atom. The first-order valence-electron chi connectivity index (χ1n) is 12.3. The topological polar surface area (TPSA) is 139 Å². The van der Waals surface area contributed by atoms with Gasteiger partial charge in [0.2, 0.25) is 0 Å². The van der Waals surface area contributed by atoms with Crippen molar-refractivity contribution >= 4 is 10.1 Å². The molecule has 0 radical (unpaired) electrons. The molecule has 0 atom stereocenters. The Morgan fingerprint density at radius 1 is 0.800 bits per heavy atom. The van der Waals surface area contributed by atoms with Crippen molar-refractivity contribution in [3.05, 3.63) is 124 Å². The zero-order valence-electron chi connectivity index (χ0n) is 21.2. The summed E-state index contributed by atoms with van der Waals surface area (Å²) < 4.78 is 32.6. The number of nitriles is 1. The summed E-state index contributed by atoms with van der Waals surface area (Å²) in [5.41, 5.74) is 5.60. The zero-order chi connectivity index (χ0) is 28.1. The molecule has 2 aromatic heterocycles. The average Bonchev–Trinajstić information content (AvgIpc) is 2.97. The molecule has 0 aliphatic heterocycles. The van der Waals surface area contributed by atoms with E-state index in [2.05, 4.69) is 21.1 Å². The van der Waals surface area contributed by atoms with Crippen LogP contribution in [0.4, 0.5) is 0 Å². The van der Waals surface area contributed by atoms with Gasteiger partial charge in [-0.1, -0.05) is 54.6 Å². The van der Waals surface area contributed by atoms with E-state index in [1.54, 1.807) is 42.7 Å². The molecule has 0 bridgehead atoms. The van der Waals surface area contributed by atoms with Gasteiger partial charge >= 0.3 is 0 Å². The molecule has 0 saturated carbocycles. The zero-order valence-corrected chi connectivity index (χ0v) is 22.0. The highest BCUT2D eigenvalue weighted by molar-refractivity contribution is 7.85. The third-order valence-electron chi connectivity index (χ3n) is 6.23. The summed E-state index contributed by atoms with van der Waals surface area (Å²) in [6, 6.07) is 27.2. The molecule has 0 saturated heterocycles. The molecule has 5 rings (SSSR count). The lowest BCUT2D eigenvalue weighted by Gasteiger charge is -2.09. The molecule has 0 aliphatic rings. The predicted octanol–water partition coefficient (Wildman–Crippen LogP) is 4.38. The van der Waals surface area contributed by atoms with Gasteiger partial charge in [-0.2, -0.15) is 18.8 Å². The molecule has 10 heteroatoms. The van der Waals surface area contributed by atoms with Crippen LogP contribution in [0.3, 0.4) is 0 Å². The van der Waals surface area contributed by atoms with Gasteiger partial charge in [0, 0.05) is 35.2 Å². The van der Waals surface area contributed by atoms with Crippen molar-refractivity contribution in [3.63, 3.8) is 0 Å². The van der Waals surface area contributed by atoms with Crippen molar-refractivity contribution in [3.8, 4) is 39.8 Å². The largest absolute Gasteiger partial charge is 0.286 e. The first kappa shape index (κ1) is 26.6. The van der Waals surface area contributed by atoms with Crippen LogP contribution in [0.15, 0.2) is 102 Å². The Balaban J connectivity index is 1.35. The Morgan fingerprint density at radius 2 is 1.48 bits per heavy atom. The number of benzene rings is 3. The Kier molecular flexibility index (Phi) is 7.59. The highest BCUT2D eigenvalue weighted by Gasteiger charge is 2.10. The van der Waals surface area contributed by atoms with Gasteiger partial charge in [0.25, 0.3) is 15.7 Å². The quantitative estimate of drug-likeness (QED) is 0.281. The number of nitrogens with zero attached hydrogens (tertiary/aromatic N) is 5. The Hall–Kier alpha value is -4.98. The molecular formula is C30H23N5O4S. The van der Waals surface area contributed by atoms with Crippen LogP contribution >= 0.6 is 0 Å². The maximum Gasteiger partial charge on any atom is 0.267 e. The van der Waals surface area contributed by atoms with Crippen molar-refractivity contribution in [2.45, 2.75) is 13.0 Å². The molecule has 0 unspecified atom stereocenters. The summed E-state index contributed by atoms with van der Waals surface area (Å²) in [5, 5.41) is 13.7.